The van der Waals surface area contributed by atoms with Crippen LogP contribution in [0.15, 0.2) is 18.3 Å². The van der Waals surface area contributed by atoms with Crippen LogP contribution >= 0.6 is 0 Å². The molecule has 2 aliphatic rings. The van der Waals surface area contributed by atoms with E-state index in [4.69, 9.17) is 5.73 Å². The van der Waals surface area contributed by atoms with E-state index in [1.165, 1.54) is 19.3 Å². The summed E-state index contributed by atoms with van der Waals surface area (Å²) in [6.07, 6.45) is 6.07. The van der Waals surface area contributed by atoms with Gasteiger partial charge >= 0.3 is 0 Å². The second-order valence-electron chi connectivity index (χ2n) is 6.47. The van der Waals surface area contributed by atoms with E-state index in [-0.39, 0.29) is 0 Å². The van der Waals surface area contributed by atoms with E-state index < -0.39 is 11.5 Å². The first-order valence-corrected chi connectivity index (χ1v) is 8.02. The molecule has 0 spiro atoms. The number of anilines is 1. The van der Waals surface area contributed by atoms with Gasteiger partial charge in [-0.2, -0.15) is 0 Å². The van der Waals surface area contributed by atoms with Crippen molar-refractivity contribution in [2.45, 2.75) is 31.3 Å². The molecule has 1 atom stereocenters. The molecule has 2 fully saturated rings. The highest BCUT2D eigenvalue weighted by Gasteiger charge is 2.39. The van der Waals surface area contributed by atoms with Gasteiger partial charge in [-0.25, -0.2) is 4.98 Å². The van der Waals surface area contributed by atoms with Gasteiger partial charge in [0, 0.05) is 25.8 Å². The molecule has 6 heteroatoms. The molecule has 1 aromatic rings. The van der Waals surface area contributed by atoms with E-state index in [0.717, 1.165) is 13.1 Å². The maximum absolute atomic E-state index is 11.5. The van der Waals surface area contributed by atoms with Crippen LogP contribution in [0.5, 0.6) is 0 Å². The third-order valence-corrected chi connectivity index (χ3v) is 4.65. The van der Waals surface area contributed by atoms with Gasteiger partial charge in [-0.05, 0) is 44.5 Å². The number of aromatic nitrogens is 1. The van der Waals surface area contributed by atoms with Crippen LogP contribution in [0.4, 0.5) is 5.82 Å². The molecule has 3 N–H and O–H groups in total. The summed E-state index contributed by atoms with van der Waals surface area (Å²) < 4.78 is 0. The molecular formula is C16H24N4O2. The Morgan fingerprint density at radius 1 is 1.32 bits per heavy atom. The van der Waals surface area contributed by atoms with Crippen LogP contribution in [-0.2, 0) is 0 Å². The molecule has 0 saturated carbocycles. The monoisotopic (exact) mass is 304 g/mol. The van der Waals surface area contributed by atoms with E-state index in [0.29, 0.717) is 37.4 Å². The third-order valence-electron chi connectivity index (χ3n) is 4.65. The van der Waals surface area contributed by atoms with Gasteiger partial charge in [0.25, 0.3) is 5.91 Å². The Balaban J connectivity index is 1.70. The van der Waals surface area contributed by atoms with Crippen molar-refractivity contribution in [2.24, 2.45) is 5.73 Å². The predicted octanol–water partition coefficient (Wildman–Crippen LogP) is 0.608. The van der Waals surface area contributed by atoms with Crippen molar-refractivity contribution in [1.82, 2.24) is 9.88 Å². The van der Waals surface area contributed by atoms with E-state index in [2.05, 4.69) is 9.88 Å². The van der Waals surface area contributed by atoms with Crippen molar-refractivity contribution in [3.8, 4) is 0 Å². The fourth-order valence-electron chi connectivity index (χ4n) is 3.54. The summed E-state index contributed by atoms with van der Waals surface area (Å²) in [4.78, 5) is 20.2. The minimum atomic E-state index is -0.732. The van der Waals surface area contributed by atoms with Crippen molar-refractivity contribution < 1.29 is 9.90 Å². The number of piperidine rings is 1. The largest absolute Gasteiger partial charge is 0.387 e. The summed E-state index contributed by atoms with van der Waals surface area (Å²) in [6.45, 7) is 4.03. The second-order valence-corrected chi connectivity index (χ2v) is 6.47. The highest BCUT2D eigenvalue weighted by atomic mass is 16.3. The minimum absolute atomic E-state index is 0.421. The van der Waals surface area contributed by atoms with Crippen LogP contribution in [0.3, 0.4) is 0 Å². The van der Waals surface area contributed by atoms with Crippen LogP contribution in [0.2, 0.25) is 0 Å². The van der Waals surface area contributed by atoms with E-state index >= 15 is 0 Å². The van der Waals surface area contributed by atoms with Gasteiger partial charge in [0.15, 0.2) is 0 Å². The summed E-state index contributed by atoms with van der Waals surface area (Å²) in [5.74, 6) is 0.110. The van der Waals surface area contributed by atoms with Gasteiger partial charge in [0.1, 0.15) is 5.82 Å². The number of amides is 1. The summed E-state index contributed by atoms with van der Waals surface area (Å²) in [5, 5.41) is 10.9. The lowest BCUT2D eigenvalue weighted by Crippen LogP contribution is -2.47. The van der Waals surface area contributed by atoms with Crippen LogP contribution in [0, 0.1) is 0 Å². The fourth-order valence-corrected chi connectivity index (χ4v) is 3.54. The molecule has 0 aromatic carbocycles. The Kier molecular flexibility index (Phi) is 4.31. The zero-order chi connectivity index (χ0) is 15.6. The number of pyridine rings is 1. The number of rotatable bonds is 4. The normalized spacial score (nSPS) is 26.3. The Bertz CT molecular complexity index is 545. The molecule has 0 radical (unpaired) electrons. The highest BCUT2D eigenvalue weighted by Crippen LogP contribution is 2.29. The number of likely N-dealkylation sites (tertiary alicyclic amines) is 1. The Labute approximate surface area is 130 Å². The summed E-state index contributed by atoms with van der Waals surface area (Å²) >= 11 is 0. The zero-order valence-corrected chi connectivity index (χ0v) is 12.9. The smallest absolute Gasteiger partial charge is 0.252 e. The van der Waals surface area contributed by atoms with Crippen molar-refractivity contribution >= 4 is 11.7 Å². The Morgan fingerprint density at radius 2 is 2.09 bits per heavy atom. The molecule has 3 heterocycles. The summed E-state index contributed by atoms with van der Waals surface area (Å²) in [6, 6.07) is 3.40. The molecule has 22 heavy (non-hydrogen) atoms. The van der Waals surface area contributed by atoms with Crippen LogP contribution in [0.25, 0.3) is 0 Å². The maximum atomic E-state index is 11.5. The number of primary amides is 1. The van der Waals surface area contributed by atoms with Gasteiger partial charge in [0.2, 0.25) is 0 Å². The first kappa shape index (κ1) is 15.2. The molecular weight excluding hydrogens is 280 g/mol. The van der Waals surface area contributed by atoms with Crippen molar-refractivity contribution in [1.29, 1.82) is 0 Å². The van der Waals surface area contributed by atoms with Gasteiger partial charge in [-0.3, -0.25) is 4.79 Å². The Morgan fingerprint density at radius 3 is 2.82 bits per heavy atom. The quantitative estimate of drug-likeness (QED) is 0.851. The molecule has 1 aromatic heterocycles. The molecule has 2 saturated heterocycles. The van der Waals surface area contributed by atoms with Gasteiger partial charge in [-0.15, -0.1) is 0 Å². The first-order valence-electron chi connectivity index (χ1n) is 8.02. The average Bonchev–Trinajstić information content (AvgIpc) is 2.90. The first-order chi connectivity index (χ1) is 10.6. The number of nitrogens with two attached hydrogens (primary N) is 1. The number of aliphatic hydroxyl groups is 1. The van der Waals surface area contributed by atoms with Crippen molar-refractivity contribution in [3.05, 3.63) is 23.9 Å². The lowest BCUT2D eigenvalue weighted by Gasteiger charge is -2.33. The standard InChI is InChI=1S/C16H24N4O2/c17-14(21)13-5-4-7-18-15(13)20-10-6-16(22,12-20)11-19-8-2-1-3-9-19/h4-5,7,22H,1-3,6,8-12H2,(H2,17,21). The predicted molar refractivity (Wildman–Crippen MR) is 84.8 cm³/mol. The number of nitrogens with zero attached hydrogens (tertiary/aromatic N) is 3. The van der Waals surface area contributed by atoms with Gasteiger partial charge < -0.3 is 20.6 Å². The highest BCUT2D eigenvalue weighted by molar-refractivity contribution is 5.97. The maximum Gasteiger partial charge on any atom is 0.252 e. The van der Waals surface area contributed by atoms with Gasteiger partial charge in [-0.1, -0.05) is 6.42 Å². The lowest BCUT2D eigenvalue weighted by molar-refractivity contribution is 0.0169. The number of β-amino-alcohol motifs (C(OH)–C–C–N with tert-alkyl or cyclic N) is 1. The number of hydrogen-bond donors (Lipinski definition) is 2. The third kappa shape index (κ3) is 3.23. The van der Waals surface area contributed by atoms with Crippen molar-refractivity contribution in [3.63, 3.8) is 0 Å². The number of hydrogen-bond acceptors (Lipinski definition) is 5. The van der Waals surface area contributed by atoms with Crippen LogP contribution in [0.1, 0.15) is 36.0 Å². The van der Waals surface area contributed by atoms with Crippen molar-refractivity contribution in [2.75, 3.05) is 37.6 Å². The van der Waals surface area contributed by atoms with E-state index in [9.17, 15) is 9.90 Å². The second kappa shape index (κ2) is 6.22. The minimum Gasteiger partial charge on any atom is -0.387 e. The average molecular weight is 304 g/mol. The molecule has 3 rings (SSSR count). The van der Waals surface area contributed by atoms with E-state index in [1.807, 2.05) is 4.90 Å². The molecule has 6 nitrogen and oxygen atoms in total. The summed E-state index contributed by atoms with van der Waals surface area (Å²) in [7, 11) is 0. The SMILES string of the molecule is NC(=O)c1cccnc1N1CCC(O)(CN2CCCCC2)C1. The molecule has 1 unspecified atom stereocenters. The molecule has 0 bridgehead atoms. The van der Waals surface area contributed by atoms with Crippen LogP contribution < -0.4 is 10.6 Å². The number of carbonyl (C=O) groups excluding carboxylic acids is 1. The molecule has 1 amide bonds. The summed E-state index contributed by atoms with van der Waals surface area (Å²) in [5.41, 5.74) is 5.11. The topological polar surface area (TPSA) is 82.7 Å². The van der Waals surface area contributed by atoms with Crippen LogP contribution in [-0.4, -0.2) is 59.2 Å². The fraction of sp³-hybridized carbons (Fsp3) is 0.625. The number of carbonyl (C=O) groups is 1. The van der Waals surface area contributed by atoms with Gasteiger partial charge in [0.05, 0.1) is 11.2 Å². The molecule has 2 aliphatic heterocycles. The van der Waals surface area contributed by atoms with E-state index in [1.54, 1.807) is 18.3 Å². The molecule has 120 valence electrons. The Hall–Kier alpha value is -1.66. The lowest BCUT2D eigenvalue weighted by atomic mass is 10.0. The zero-order valence-electron chi connectivity index (χ0n) is 12.9. The molecule has 0 aliphatic carbocycles.